The van der Waals surface area contributed by atoms with Crippen LogP contribution >= 0.6 is 0 Å². The normalized spacial score (nSPS) is 31.6. The SMILES string of the molecule is CCC(=O)OC1COC(COC(=O)CC(C)C)C2OC(C)(C)OC12. The van der Waals surface area contributed by atoms with E-state index in [0.717, 1.165) is 0 Å². The fourth-order valence-electron chi connectivity index (χ4n) is 2.86. The molecule has 0 saturated carbocycles. The Balaban J connectivity index is 1.98. The molecule has 2 fully saturated rings. The van der Waals surface area contributed by atoms with Gasteiger partial charge in [0.2, 0.25) is 0 Å². The van der Waals surface area contributed by atoms with Gasteiger partial charge >= 0.3 is 11.9 Å². The summed E-state index contributed by atoms with van der Waals surface area (Å²) in [6.07, 6.45) is -1.20. The lowest BCUT2D eigenvalue weighted by atomic mass is 10.0. The number of carbonyl (C=O) groups is 2. The average molecular weight is 344 g/mol. The Kier molecular flexibility index (Phi) is 6.22. The summed E-state index contributed by atoms with van der Waals surface area (Å²) in [6, 6.07) is 0. The van der Waals surface area contributed by atoms with E-state index in [4.69, 9.17) is 23.7 Å². The molecule has 4 atom stereocenters. The first-order chi connectivity index (χ1) is 11.2. The van der Waals surface area contributed by atoms with Crippen LogP contribution in [0.1, 0.15) is 47.5 Å². The zero-order chi connectivity index (χ0) is 17.9. The molecule has 0 bridgehead atoms. The van der Waals surface area contributed by atoms with E-state index in [1.807, 2.05) is 13.8 Å². The van der Waals surface area contributed by atoms with Crippen molar-refractivity contribution in [3.8, 4) is 0 Å². The van der Waals surface area contributed by atoms with E-state index in [1.165, 1.54) is 0 Å². The van der Waals surface area contributed by atoms with Gasteiger partial charge in [0, 0.05) is 12.8 Å². The standard InChI is InChI=1S/C17H28O7/c1-6-13(18)22-12-9-20-11(8-21-14(19)7-10(2)3)15-16(12)24-17(4,5)23-15/h10-12,15-16H,6-9H2,1-5H3. The molecular formula is C17H28O7. The smallest absolute Gasteiger partial charge is 0.306 e. The molecule has 7 nitrogen and oxygen atoms in total. The van der Waals surface area contributed by atoms with Gasteiger partial charge in [-0.2, -0.15) is 0 Å². The Morgan fingerprint density at radius 1 is 1.17 bits per heavy atom. The Morgan fingerprint density at radius 3 is 2.46 bits per heavy atom. The van der Waals surface area contributed by atoms with Crippen LogP contribution in [0.2, 0.25) is 0 Å². The highest BCUT2D eigenvalue weighted by Gasteiger charge is 2.53. The first kappa shape index (κ1) is 19.1. The molecule has 2 rings (SSSR count). The zero-order valence-electron chi connectivity index (χ0n) is 15.1. The second-order valence-electron chi connectivity index (χ2n) is 7.10. The fourth-order valence-corrected chi connectivity index (χ4v) is 2.86. The van der Waals surface area contributed by atoms with Gasteiger partial charge in [-0.25, -0.2) is 0 Å². The summed E-state index contributed by atoms with van der Waals surface area (Å²) in [4.78, 5) is 23.3. The number of hydrogen-bond donors (Lipinski definition) is 0. The van der Waals surface area contributed by atoms with Crippen molar-refractivity contribution in [2.24, 2.45) is 5.92 Å². The van der Waals surface area contributed by atoms with Crippen molar-refractivity contribution in [1.82, 2.24) is 0 Å². The predicted molar refractivity (Wildman–Crippen MR) is 84.2 cm³/mol. The second kappa shape index (κ2) is 7.80. The van der Waals surface area contributed by atoms with Crippen LogP contribution in [0.4, 0.5) is 0 Å². The van der Waals surface area contributed by atoms with Crippen molar-refractivity contribution < 1.29 is 33.3 Å². The first-order valence-corrected chi connectivity index (χ1v) is 8.54. The van der Waals surface area contributed by atoms with E-state index in [1.54, 1.807) is 20.8 Å². The molecular weight excluding hydrogens is 316 g/mol. The van der Waals surface area contributed by atoms with E-state index >= 15 is 0 Å². The third kappa shape index (κ3) is 4.91. The van der Waals surface area contributed by atoms with Crippen LogP contribution in [-0.4, -0.2) is 55.4 Å². The molecule has 2 aliphatic rings. The number of carbonyl (C=O) groups excluding carboxylic acids is 2. The van der Waals surface area contributed by atoms with Gasteiger partial charge in [0.15, 0.2) is 11.9 Å². The molecule has 0 amide bonds. The van der Waals surface area contributed by atoms with Crippen LogP contribution in [0.3, 0.4) is 0 Å². The summed E-state index contributed by atoms with van der Waals surface area (Å²) in [5.41, 5.74) is 0. The van der Waals surface area contributed by atoms with Gasteiger partial charge in [-0.1, -0.05) is 20.8 Å². The molecule has 0 radical (unpaired) electrons. The molecule has 0 N–H and O–H groups in total. The molecule has 4 unspecified atom stereocenters. The maximum absolute atomic E-state index is 11.7. The highest BCUT2D eigenvalue weighted by molar-refractivity contribution is 5.69. The molecule has 0 spiro atoms. The van der Waals surface area contributed by atoms with E-state index in [2.05, 4.69) is 0 Å². The van der Waals surface area contributed by atoms with Gasteiger partial charge in [0.25, 0.3) is 0 Å². The lowest BCUT2D eigenvalue weighted by molar-refractivity contribution is -0.189. The third-order valence-electron chi connectivity index (χ3n) is 3.93. The van der Waals surface area contributed by atoms with Gasteiger partial charge in [-0.3, -0.25) is 9.59 Å². The third-order valence-corrected chi connectivity index (χ3v) is 3.93. The van der Waals surface area contributed by atoms with E-state index in [0.29, 0.717) is 6.42 Å². The van der Waals surface area contributed by atoms with Gasteiger partial charge in [0.1, 0.15) is 24.9 Å². The van der Waals surface area contributed by atoms with Gasteiger partial charge < -0.3 is 23.7 Å². The van der Waals surface area contributed by atoms with Crippen molar-refractivity contribution in [3.05, 3.63) is 0 Å². The Bertz CT molecular complexity index is 460. The molecule has 2 saturated heterocycles. The van der Waals surface area contributed by atoms with Crippen molar-refractivity contribution >= 4 is 11.9 Å². The van der Waals surface area contributed by atoms with Crippen LogP contribution in [0.25, 0.3) is 0 Å². The molecule has 0 aromatic carbocycles. The maximum Gasteiger partial charge on any atom is 0.306 e. The summed E-state index contributed by atoms with van der Waals surface area (Å²) >= 11 is 0. The Labute approximate surface area is 142 Å². The summed E-state index contributed by atoms with van der Waals surface area (Å²) < 4.78 is 28.2. The fraction of sp³-hybridized carbons (Fsp3) is 0.882. The van der Waals surface area contributed by atoms with Gasteiger partial charge in [0.05, 0.1) is 6.61 Å². The van der Waals surface area contributed by atoms with E-state index < -0.39 is 30.2 Å². The number of hydrogen-bond acceptors (Lipinski definition) is 7. The van der Waals surface area contributed by atoms with Crippen LogP contribution in [0.5, 0.6) is 0 Å². The van der Waals surface area contributed by atoms with E-state index in [9.17, 15) is 9.59 Å². The summed E-state index contributed by atoms with van der Waals surface area (Å²) in [6.45, 7) is 9.53. The summed E-state index contributed by atoms with van der Waals surface area (Å²) in [5, 5.41) is 0. The summed E-state index contributed by atoms with van der Waals surface area (Å²) in [7, 11) is 0. The molecule has 138 valence electrons. The quantitative estimate of drug-likeness (QED) is 0.680. The first-order valence-electron chi connectivity index (χ1n) is 8.54. The lowest BCUT2D eigenvalue weighted by Gasteiger charge is -2.36. The predicted octanol–water partition coefficient (Wildman–Crippen LogP) is 1.82. The van der Waals surface area contributed by atoms with Crippen LogP contribution in [0.15, 0.2) is 0 Å². The minimum atomic E-state index is -0.805. The lowest BCUT2D eigenvalue weighted by Crippen LogP contribution is -2.54. The van der Waals surface area contributed by atoms with Gasteiger partial charge in [-0.05, 0) is 19.8 Å². The van der Waals surface area contributed by atoms with Crippen LogP contribution < -0.4 is 0 Å². The largest absolute Gasteiger partial charge is 0.463 e. The highest BCUT2D eigenvalue weighted by atomic mass is 16.8. The highest BCUT2D eigenvalue weighted by Crippen LogP contribution is 2.36. The molecule has 7 heteroatoms. The molecule has 0 aromatic rings. The molecule has 24 heavy (non-hydrogen) atoms. The Morgan fingerprint density at radius 2 is 1.83 bits per heavy atom. The molecule has 0 aromatic heterocycles. The monoisotopic (exact) mass is 344 g/mol. The van der Waals surface area contributed by atoms with Crippen molar-refractivity contribution in [2.75, 3.05) is 13.2 Å². The van der Waals surface area contributed by atoms with Crippen molar-refractivity contribution in [1.29, 1.82) is 0 Å². The molecule has 0 aliphatic carbocycles. The number of fused-ring (bicyclic) bond motifs is 1. The molecule has 2 heterocycles. The summed E-state index contributed by atoms with van der Waals surface area (Å²) in [5.74, 6) is -1.14. The molecule has 2 aliphatic heterocycles. The minimum absolute atomic E-state index is 0.0978. The number of ether oxygens (including phenoxy) is 5. The average Bonchev–Trinajstić information content (AvgIpc) is 2.81. The van der Waals surface area contributed by atoms with E-state index in [-0.39, 0.29) is 37.5 Å². The number of esters is 2. The topological polar surface area (TPSA) is 80.3 Å². The zero-order valence-corrected chi connectivity index (χ0v) is 15.1. The minimum Gasteiger partial charge on any atom is -0.463 e. The van der Waals surface area contributed by atoms with Gasteiger partial charge in [-0.15, -0.1) is 0 Å². The maximum atomic E-state index is 11.7. The van der Waals surface area contributed by atoms with Crippen molar-refractivity contribution in [3.63, 3.8) is 0 Å². The van der Waals surface area contributed by atoms with Crippen LogP contribution in [0, 0.1) is 5.92 Å². The second-order valence-corrected chi connectivity index (χ2v) is 7.10. The number of rotatable bonds is 6. The van der Waals surface area contributed by atoms with Crippen LogP contribution in [-0.2, 0) is 33.3 Å². The Hall–Kier alpha value is -1.18. The van der Waals surface area contributed by atoms with Crippen molar-refractivity contribution in [2.45, 2.75) is 77.7 Å².